The van der Waals surface area contributed by atoms with Gasteiger partial charge in [0.2, 0.25) is 21.8 Å². The minimum atomic E-state index is -3.33. The van der Waals surface area contributed by atoms with E-state index in [9.17, 15) is 18.0 Å². The number of aryl methyl sites for hydroxylation is 1. The molecule has 0 aliphatic carbocycles. The molecular formula is C16H26N6O4S. The third-order valence-electron chi connectivity index (χ3n) is 5.08. The molecule has 2 aliphatic heterocycles. The van der Waals surface area contributed by atoms with Gasteiger partial charge in [-0.25, -0.2) is 18.1 Å². The van der Waals surface area contributed by atoms with Crippen LogP contribution in [-0.4, -0.2) is 83.6 Å². The summed E-state index contributed by atoms with van der Waals surface area (Å²) in [6, 6.07) is -0.831. The maximum Gasteiger partial charge on any atom is 0.242 e. The molecule has 27 heavy (non-hydrogen) atoms. The highest BCUT2D eigenvalue weighted by molar-refractivity contribution is 7.88. The Labute approximate surface area is 159 Å². The SMILES string of the molecule is CC(=O)NC[C@H]1C(=O)N2C[C@@H](NS(C)(=O)=O)C[C@H]2CN1Cc1cncn1C. The zero-order valence-corrected chi connectivity index (χ0v) is 16.6. The van der Waals surface area contributed by atoms with Crippen molar-refractivity contribution in [1.82, 2.24) is 29.4 Å². The van der Waals surface area contributed by atoms with Crippen LogP contribution in [0.5, 0.6) is 0 Å². The molecule has 2 aliphatic rings. The van der Waals surface area contributed by atoms with Crippen LogP contribution in [0.2, 0.25) is 0 Å². The molecule has 2 amide bonds. The second-order valence-electron chi connectivity index (χ2n) is 7.35. The molecule has 0 spiro atoms. The number of aromatic nitrogens is 2. The molecule has 3 rings (SSSR count). The van der Waals surface area contributed by atoms with Crippen molar-refractivity contribution in [2.75, 3.05) is 25.9 Å². The molecule has 0 bridgehead atoms. The van der Waals surface area contributed by atoms with E-state index in [4.69, 9.17) is 0 Å². The Morgan fingerprint density at radius 3 is 2.70 bits per heavy atom. The van der Waals surface area contributed by atoms with Gasteiger partial charge in [0.05, 0.1) is 18.3 Å². The Kier molecular flexibility index (Phi) is 5.54. The van der Waals surface area contributed by atoms with Gasteiger partial charge in [-0.2, -0.15) is 0 Å². The Hall–Kier alpha value is -1.98. The van der Waals surface area contributed by atoms with Crippen molar-refractivity contribution in [3.05, 3.63) is 18.2 Å². The average molecular weight is 398 g/mol. The number of imidazole rings is 1. The molecule has 0 saturated carbocycles. The number of fused-ring (bicyclic) bond motifs is 1. The van der Waals surface area contributed by atoms with Gasteiger partial charge < -0.3 is 14.8 Å². The standard InChI is InChI=1S/C16H26N6O4S/c1-11(23)18-6-15-16(24)22-7-12(19-27(3,25)26)4-13(22)8-21(15)9-14-5-17-10-20(14)2/h5,10,12-13,15,19H,4,6-9H2,1-3H3,(H,18,23)/t12-,13-,15-/m0/s1. The van der Waals surface area contributed by atoms with E-state index < -0.39 is 16.1 Å². The maximum absolute atomic E-state index is 13.1. The molecule has 0 unspecified atom stereocenters. The van der Waals surface area contributed by atoms with Gasteiger partial charge in [-0.3, -0.25) is 14.5 Å². The first-order valence-electron chi connectivity index (χ1n) is 8.85. The van der Waals surface area contributed by atoms with E-state index >= 15 is 0 Å². The molecule has 3 heterocycles. The van der Waals surface area contributed by atoms with Gasteiger partial charge in [-0.1, -0.05) is 0 Å². The van der Waals surface area contributed by atoms with E-state index in [2.05, 4.69) is 15.0 Å². The predicted octanol–water partition coefficient (Wildman–Crippen LogP) is -1.74. The van der Waals surface area contributed by atoms with Crippen LogP contribution in [0.15, 0.2) is 12.5 Å². The Balaban J connectivity index is 1.78. The molecule has 1 aromatic heterocycles. The summed E-state index contributed by atoms with van der Waals surface area (Å²) in [6.07, 6.45) is 5.17. The summed E-state index contributed by atoms with van der Waals surface area (Å²) in [7, 11) is -1.44. The number of rotatable bonds is 6. The van der Waals surface area contributed by atoms with Gasteiger partial charge in [0.15, 0.2) is 0 Å². The van der Waals surface area contributed by atoms with Crippen molar-refractivity contribution in [3.8, 4) is 0 Å². The van der Waals surface area contributed by atoms with E-state index in [-0.39, 0.29) is 30.4 Å². The van der Waals surface area contributed by atoms with Crippen molar-refractivity contribution in [1.29, 1.82) is 0 Å². The smallest absolute Gasteiger partial charge is 0.242 e. The number of nitrogens with zero attached hydrogens (tertiary/aromatic N) is 4. The Bertz CT molecular complexity index is 823. The number of hydrogen-bond donors (Lipinski definition) is 2. The van der Waals surface area contributed by atoms with E-state index in [1.54, 1.807) is 17.4 Å². The first-order chi connectivity index (χ1) is 12.6. The van der Waals surface area contributed by atoms with Gasteiger partial charge in [-0.15, -0.1) is 0 Å². The second kappa shape index (κ2) is 7.56. The summed E-state index contributed by atoms with van der Waals surface area (Å²) in [5, 5.41) is 2.74. The van der Waals surface area contributed by atoms with Gasteiger partial charge in [0.1, 0.15) is 6.04 Å². The van der Waals surface area contributed by atoms with Gasteiger partial charge in [-0.05, 0) is 6.42 Å². The van der Waals surface area contributed by atoms with E-state index in [0.717, 1.165) is 11.9 Å². The summed E-state index contributed by atoms with van der Waals surface area (Å²) < 4.78 is 27.6. The first kappa shape index (κ1) is 19.8. The summed E-state index contributed by atoms with van der Waals surface area (Å²) in [5.41, 5.74) is 0.966. The molecule has 2 N–H and O–H groups in total. The molecule has 2 saturated heterocycles. The number of carbonyl (C=O) groups is 2. The van der Waals surface area contributed by atoms with Gasteiger partial charge in [0.25, 0.3) is 0 Å². The molecule has 10 nitrogen and oxygen atoms in total. The molecular weight excluding hydrogens is 372 g/mol. The number of piperazine rings is 1. The highest BCUT2D eigenvalue weighted by Crippen LogP contribution is 2.27. The summed E-state index contributed by atoms with van der Waals surface area (Å²) >= 11 is 0. The minimum absolute atomic E-state index is 0.0569. The monoisotopic (exact) mass is 398 g/mol. The Morgan fingerprint density at radius 1 is 1.37 bits per heavy atom. The van der Waals surface area contributed by atoms with Gasteiger partial charge >= 0.3 is 0 Å². The average Bonchev–Trinajstić information content (AvgIpc) is 3.11. The van der Waals surface area contributed by atoms with Crippen LogP contribution in [0.3, 0.4) is 0 Å². The second-order valence-corrected chi connectivity index (χ2v) is 9.13. The third-order valence-corrected chi connectivity index (χ3v) is 5.84. The van der Waals surface area contributed by atoms with Crippen LogP contribution in [-0.2, 0) is 33.2 Å². The third kappa shape index (κ3) is 4.66. The number of amides is 2. The summed E-state index contributed by atoms with van der Waals surface area (Å²) in [6.45, 7) is 3.14. The lowest BCUT2D eigenvalue weighted by molar-refractivity contribution is -0.144. The topological polar surface area (TPSA) is 117 Å². The van der Waals surface area contributed by atoms with E-state index in [0.29, 0.717) is 26.1 Å². The normalized spacial score (nSPS) is 26.3. The van der Waals surface area contributed by atoms with Crippen molar-refractivity contribution in [3.63, 3.8) is 0 Å². The largest absolute Gasteiger partial charge is 0.354 e. The van der Waals surface area contributed by atoms with E-state index in [1.165, 1.54) is 6.92 Å². The zero-order chi connectivity index (χ0) is 19.8. The van der Waals surface area contributed by atoms with Crippen LogP contribution >= 0.6 is 0 Å². The lowest BCUT2D eigenvalue weighted by Gasteiger charge is -2.42. The maximum atomic E-state index is 13.1. The number of hydrogen-bond acceptors (Lipinski definition) is 6. The van der Waals surface area contributed by atoms with Crippen molar-refractivity contribution >= 4 is 21.8 Å². The molecule has 150 valence electrons. The molecule has 0 radical (unpaired) electrons. The summed E-state index contributed by atoms with van der Waals surface area (Å²) in [5.74, 6) is -0.275. The Morgan fingerprint density at radius 2 is 2.11 bits per heavy atom. The van der Waals surface area contributed by atoms with Crippen molar-refractivity contribution < 1.29 is 18.0 Å². The minimum Gasteiger partial charge on any atom is -0.354 e. The highest BCUT2D eigenvalue weighted by Gasteiger charge is 2.45. The molecule has 0 aromatic carbocycles. The van der Waals surface area contributed by atoms with Crippen LogP contribution in [0.4, 0.5) is 0 Å². The number of carbonyl (C=O) groups excluding carboxylic acids is 2. The zero-order valence-electron chi connectivity index (χ0n) is 15.8. The molecule has 3 atom stereocenters. The fourth-order valence-electron chi connectivity index (χ4n) is 3.87. The molecule has 2 fully saturated rings. The van der Waals surface area contributed by atoms with Crippen molar-refractivity contribution in [2.24, 2.45) is 7.05 Å². The quantitative estimate of drug-likeness (QED) is 0.588. The summed E-state index contributed by atoms with van der Waals surface area (Å²) in [4.78, 5) is 32.4. The lowest BCUT2D eigenvalue weighted by atomic mass is 10.1. The van der Waals surface area contributed by atoms with Crippen molar-refractivity contribution in [2.45, 2.75) is 38.0 Å². The lowest BCUT2D eigenvalue weighted by Crippen LogP contribution is -2.62. The fourth-order valence-corrected chi connectivity index (χ4v) is 4.65. The predicted molar refractivity (Wildman–Crippen MR) is 98.0 cm³/mol. The van der Waals surface area contributed by atoms with Crippen LogP contribution in [0.25, 0.3) is 0 Å². The van der Waals surface area contributed by atoms with Crippen LogP contribution in [0, 0.1) is 0 Å². The fraction of sp³-hybridized carbons (Fsp3) is 0.688. The highest BCUT2D eigenvalue weighted by atomic mass is 32.2. The number of sulfonamides is 1. The van der Waals surface area contributed by atoms with Gasteiger partial charge in [0, 0.05) is 58.4 Å². The molecule has 1 aromatic rings. The molecule has 11 heteroatoms. The van der Waals surface area contributed by atoms with E-state index in [1.807, 2.05) is 16.5 Å². The van der Waals surface area contributed by atoms with Crippen LogP contribution < -0.4 is 10.0 Å². The van der Waals surface area contributed by atoms with Crippen LogP contribution in [0.1, 0.15) is 19.0 Å². The first-order valence-corrected chi connectivity index (χ1v) is 10.7. The number of nitrogens with one attached hydrogen (secondary N) is 2.